The van der Waals surface area contributed by atoms with Gasteiger partial charge < -0.3 is 11.5 Å². The van der Waals surface area contributed by atoms with E-state index in [-0.39, 0.29) is 0 Å². The number of nitrogens with zero attached hydrogens (tertiary/aromatic N) is 2. The quantitative estimate of drug-likeness (QED) is 0.849. The van der Waals surface area contributed by atoms with Crippen molar-refractivity contribution in [3.05, 3.63) is 46.7 Å². The molecule has 0 spiro atoms. The molecule has 2 heterocycles. The van der Waals surface area contributed by atoms with Gasteiger partial charge in [0.1, 0.15) is 11.6 Å². The van der Waals surface area contributed by atoms with Crippen LogP contribution in [0.25, 0.3) is 0 Å². The molecule has 1 aliphatic carbocycles. The molecule has 5 heteroatoms. The van der Waals surface area contributed by atoms with E-state index in [2.05, 4.69) is 32.0 Å². The molecular weight excluding hydrogens is 292 g/mol. The van der Waals surface area contributed by atoms with Crippen LogP contribution >= 0.6 is 15.9 Å². The van der Waals surface area contributed by atoms with Crippen LogP contribution in [0.1, 0.15) is 24.3 Å². The lowest BCUT2D eigenvalue weighted by molar-refractivity contribution is 1.10. The van der Waals surface area contributed by atoms with Gasteiger partial charge in [-0.1, -0.05) is 6.07 Å². The van der Waals surface area contributed by atoms with E-state index in [0.717, 1.165) is 10.4 Å². The third-order valence-corrected chi connectivity index (χ3v) is 3.08. The largest absolute Gasteiger partial charge is 0.384 e. The van der Waals surface area contributed by atoms with Gasteiger partial charge in [-0.05, 0) is 58.5 Å². The van der Waals surface area contributed by atoms with Crippen LogP contribution in [0.2, 0.25) is 0 Å². The lowest BCUT2D eigenvalue weighted by Gasteiger charge is -1.95. The molecule has 94 valence electrons. The zero-order valence-electron chi connectivity index (χ0n) is 9.88. The number of aromatic nitrogens is 2. The second-order valence-corrected chi connectivity index (χ2v) is 5.11. The first-order valence-corrected chi connectivity index (χ1v) is 6.53. The predicted octanol–water partition coefficient (Wildman–Crippen LogP) is 2.97. The Kier molecular flexibility index (Phi) is 4.15. The predicted molar refractivity (Wildman–Crippen MR) is 77.0 cm³/mol. The van der Waals surface area contributed by atoms with Crippen LogP contribution in [0.15, 0.2) is 41.1 Å². The van der Waals surface area contributed by atoms with Crippen LogP contribution in [0.4, 0.5) is 11.6 Å². The third kappa shape index (κ3) is 4.00. The second-order valence-electron chi connectivity index (χ2n) is 4.19. The summed E-state index contributed by atoms with van der Waals surface area (Å²) in [6.07, 6.45) is 6.19. The van der Waals surface area contributed by atoms with Crippen LogP contribution in [0.5, 0.6) is 0 Å². The summed E-state index contributed by atoms with van der Waals surface area (Å²) >= 11 is 3.23. The van der Waals surface area contributed by atoms with Crippen LogP contribution in [-0.2, 0) is 0 Å². The molecule has 0 amide bonds. The van der Waals surface area contributed by atoms with E-state index in [9.17, 15) is 0 Å². The van der Waals surface area contributed by atoms with Gasteiger partial charge in [0.2, 0.25) is 0 Å². The minimum absolute atomic E-state index is 0.549. The van der Waals surface area contributed by atoms with Crippen molar-refractivity contribution in [2.45, 2.75) is 18.8 Å². The first kappa shape index (κ1) is 12.8. The zero-order valence-corrected chi connectivity index (χ0v) is 11.5. The van der Waals surface area contributed by atoms with Gasteiger partial charge in [-0.3, -0.25) is 0 Å². The highest BCUT2D eigenvalue weighted by molar-refractivity contribution is 9.10. The van der Waals surface area contributed by atoms with Gasteiger partial charge in [-0.15, -0.1) is 0 Å². The molecule has 18 heavy (non-hydrogen) atoms. The minimum atomic E-state index is 0.549. The van der Waals surface area contributed by atoms with Gasteiger partial charge >= 0.3 is 0 Å². The lowest BCUT2D eigenvalue weighted by Crippen LogP contribution is -1.89. The fraction of sp³-hybridized carbons (Fsp3) is 0.231. The van der Waals surface area contributed by atoms with Crippen molar-refractivity contribution in [1.82, 2.24) is 9.97 Å². The summed E-state index contributed by atoms with van der Waals surface area (Å²) in [7, 11) is 0. The summed E-state index contributed by atoms with van der Waals surface area (Å²) in [4.78, 5) is 7.83. The molecule has 0 bridgehead atoms. The number of rotatable bonds is 1. The summed E-state index contributed by atoms with van der Waals surface area (Å²) in [5.74, 6) is 1.95. The molecule has 1 fully saturated rings. The van der Waals surface area contributed by atoms with Crippen molar-refractivity contribution in [2.24, 2.45) is 0 Å². The molecule has 4 nitrogen and oxygen atoms in total. The van der Waals surface area contributed by atoms with Crippen molar-refractivity contribution < 1.29 is 0 Å². The molecule has 2 aromatic rings. The Hall–Kier alpha value is -1.62. The molecule has 4 N–H and O–H groups in total. The fourth-order valence-electron chi connectivity index (χ4n) is 1.46. The molecule has 0 aromatic carbocycles. The van der Waals surface area contributed by atoms with Gasteiger partial charge in [0.15, 0.2) is 0 Å². The maximum absolute atomic E-state index is 5.44. The average Bonchev–Trinajstić information content (AvgIpc) is 3.19. The Balaban J connectivity index is 0.000000138. The van der Waals surface area contributed by atoms with Crippen molar-refractivity contribution in [2.75, 3.05) is 11.5 Å². The highest BCUT2D eigenvalue weighted by Crippen LogP contribution is 2.39. The third-order valence-electron chi connectivity index (χ3n) is 2.61. The van der Waals surface area contributed by atoms with Crippen LogP contribution in [0.3, 0.4) is 0 Å². The Morgan fingerprint density at radius 2 is 1.56 bits per heavy atom. The molecule has 0 radical (unpaired) electrons. The summed E-state index contributed by atoms with van der Waals surface area (Å²) in [6, 6.07) is 7.53. The molecule has 0 atom stereocenters. The standard InChI is InChI=1S/C8H10N2.C5H5BrN2/c9-8-4-3-7(5-10-8)6-1-2-6;6-4-1-2-5(7)8-3-4/h3-6H,1-2H2,(H2,9,10);1-3H,(H2,7,8). The van der Waals surface area contributed by atoms with Crippen molar-refractivity contribution >= 4 is 27.6 Å². The second kappa shape index (κ2) is 5.82. The summed E-state index contributed by atoms with van der Waals surface area (Å²) < 4.78 is 0.951. The van der Waals surface area contributed by atoms with Gasteiger partial charge in [0.05, 0.1) is 0 Å². The summed E-state index contributed by atoms with van der Waals surface area (Å²) in [5.41, 5.74) is 12.1. The average molecular weight is 307 g/mol. The maximum atomic E-state index is 5.44. The van der Waals surface area contributed by atoms with E-state index in [1.807, 2.05) is 18.3 Å². The van der Waals surface area contributed by atoms with E-state index in [0.29, 0.717) is 11.6 Å². The Morgan fingerprint density at radius 3 is 1.94 bits per heavy atom. The number of halogens is 1. The number of nitrogen functional groups attached to an aromatic ring is 2. The minimum Gasteiger partial charge on any atom is -0.384 e. The lowest BCUT2D eigenvalue weighted by atomic mass is 10.2. The first-order valence-electron chi connectivity index (χ1n) is 5.73. The number of nitrogens with two attached hydrogens (primary N) is 2. The fourth-order valence-corrected chi connectivity index (χ4v) is 1.70. The highest BCUT2D eigenvalue weighted by Gasteiger charge is 2.23. The molecule has 2 aromatic heterocycles. The molecular formula is C13H15BrN4. The van der Waals surface area contributed by atoms with Gasteiger partial charge in [0.25, 0.3) is 0 Å². The molecule has 1 aliphatic rings. The highest BCUT2D eigenvalue weighted by atomic mass is 79.9. The number of hydrogen-bond donors (Lipinski definition) is 2. The van der Waals surface area contributed by atoms with Crippen LogP contribution in [-0.4, -0.2) is 9.97 Å². The molecule has 1 saturated carbocycles. The molecule has 0 aliphatic heterocycles. The van der Waals surface area contributed by atoms with Crippen LogP contribution < -0.4 is 11.5 Å². The van der Waals surface area contributed by atoms with Gasteiger partial charge in [0, 0.05) is 16.9 Å². The maximum Gasteiger partial charge on any atom is 0.123 e. The number of anilines is 2. The smallest absolute Gasteiger partial charge is 0.123 e. The molecule has 3 rings (SSSR count). The van der Waals surface area contributed by atoms with E-state index in [1.54, 1.807) is 12.3 Å². The normalized spacial score (nSPS) is 13.6. The Labute approximate surface area is 115 Å². The molecule has 0 saturated heterocycles. The van der Waals surface area contributed by atoms with E-state index in [4.69, 9.17) is 11.5 Å². The van der Waals surface area contributed by atoms with Gasteiger partial charge in [-0.25, -0.2) is 9.97 Å². The van der Waals surface area contributed by atoms with E-state index >= 15 is 0 Å². The topological polar surface area (TPSA) is 77.8 Å². The summed E-state index contributed by atoms with van der Waals surface area (Å²) in [6.45, 7) is 0. The number of hydrogen-bond acceptors (Lipinski definition) is 4. The molecule has 0 unspecified atom stereocenters. The van der Waals surface area contributed by atoms with Crippen molar-refractivity contribution in [1.29, 1.82) is 0 Å². The van der Waals surface area contributed by atoms with Gasteiger partial charge in [-0.2, -0.15) is 0 Å². The van der Waals surface area contributed by atoms with E-state index < -0.39 is 0 Å². The first-order chi connectivity index (χ1) is 8.65. The zero-order chi connectivity index (χ0) is 13.0. The van der Waals surface area contributed by atoms with Crippen molar-refractivity contribution in [3.8, 4) is 0 Å². The summed E-state index contributed by atoms with van der Waals surface area (Å²) in [5, 5.41) is 0. The SMILES string of the molecule is Nc1ccc(Br)cn1.Nc1ccc(C2CC2)cn1. The number of pyridine rings is 2. The monoisotopic (exact) mass is 306 g/mol. The van der Waals surface area contributed by atoms with Crippen molar-refractivity contribution in [3.63, 3.8) is 0 Å². The van der Waals surface area contributed by atoms with E-state index in [1.165, 1.54) is 18.4 Å². The Bertz CT molecular complexity index is 470. The van der Waals surface area contributed by atoms with Crippen LogP contribution in [0, 0.1) is 0 Å². The Morgan fingerprint density at radius 1 is 0.944 bits per heavy atom.